The number of hydrogen-bond acceptors (Lipinski definition) is 6. The van der Waals surface area contributed by atoms with Gasteiger partial charge in [0.25, 0.3) is 0 Å². The first-order valence-corrected chi connectivity index (χ1v) is 8.40. The smallest absolute Gasteiger partial charge is 0.304 e. The molecule has 1 saturated heterocycles. The van der Waals surface area contributed by atoms with Gasteiger partial charge in [-0.15, -0.1) is 0 Å². The van der Waals surface area contributed by atoms with Crippen LogP contribution in [-0.4, -0.2) is 59.4 Å². The van der Waals surface area contributed by atoms with E-state index in [0.717, 1.165) is 50.3 Å². The van der Waals surface area contributed by atoms with Crippen LogP contribution in [0.15, 0.2) is 0 Å². The molecular formula is C9H18F3N3S3. The monoisotopic (exact) mass is 321 g/mol. The average molecular weight is 321 g/mol. The third-order valence-electron chi connectivity index (χ3n) is 2.34. The van der Waals surface area contributed by atoms with Crippen LogP contribution >= 0.6 is 35.8 Å². The Morgan fingerprint density at radius 2 is 1.78 bits per heavy atom. The number of likely N-dealkylation sites (N-methyl/N-ethyl adjacent to an activating group) is 1. The maximum absolute atomic E-state index is 11.8. The Hall–Kier alpha value is 0.720. The largest absolute Gasteiger partial charge is 0.456 e. The van der Waals surface area contributed by atoms with Crippen molar-refractivity contribution >= 4 is 35.8 Å². The minimum atomic E-state index is -4.19. The number of piperazine rings is 1. The van der Waals surface area contributed by atoms with Crippen LogP contribution in [0, 0.1) is 0 Å². The standard InChI is InChI=1S/C9H18F3N3S3/c1-14-3-5-15(6-4-14)17-8-2-7-16-13-18-9(10,11)12/h13H,2-8H2,1H3. The van der Waals surface area contributed by atoms with E-state index in [2.05, 4.69) is 20.4 Å². The molecule has 0 spiro atoms. The fraction of sp³-hybridized carbons (Fsp3) is 1.00. The summed E-state index contributed by atoms with van der Waals surface area (Å²) in [6.45, 7) is 4.31. The Kier molecular flexibility index (Phi) is 8.20. The Morgan fingerprint density at radius 3 is 2.39 bits per heavy atom. The zero-order valence-electron chi connectivity index (χ0n) is 10.2. The average Bonchev–Trinajstić information content (AvgIpc) is 2.29. The van der Waals surface area contributed by atoms with Crippen molar-refractivity contribution in [1.82, 2.24) is 13.3 Å². The van der Waals surface area contributed by atoms with Gasteiger partial charge in [-0.1, -0.05) is 23.9 Å². The Morgan fingerprint density at radius 1 is 1.11 bits per heavy atom. The summed E-state index contributed by atoms with van der Waals surface area (Å²) in [5.74, 6) is 1.67. The fourth-order valence-electron chi connectivity index (χ4n) is 1.36. The second-order valence-corrected chi connectivity index (χ2v) is 7.11. The van der Waals surface area contributed by atoms with Crippen molar-refractivity contribution in [1.29, 1.82) is 0 Å². The van der Waals surface area contributed by atoms with Crippen molar-refractivity contribution in [2.24, 2.45) is 0 Å². The molecule has 18 heavy (non-hydrogen) atoms. The van der Waals surface area contributed by atoms with Crippen molar-refractivity contribution in [3.05, 3.63) is 0 Å². The van der Waals surface area contributed by atoms with Crippen molar-refractivity contribution in [2.75, 3.05) is 44.7 Å². The molecule has 0 saturated carbocycles. The molecular weight excluding hydrogens is 303 g/mol. The number of alkyl halides is 3. The molecule has 0 aromatic heterocycles. The summed E-state index contributed by atoms with van der Waals surface area (Å²) >= 11 is 2.73. The highest BCUT2D eigenvalue weighted by Crippen LogP contribution is 2.29. The summed E-state index contributed by atoms with van der Waals surface area (Å²) in [7, 11) is 2.11. The molecule has 0 aromatic rings. The Balaban J connectivity index is 1.87. The van der Waals surface area contributed by atoms with Gasteiger partial charge in [0.15, 0.2) is 0 Å². The van der Waals surface area contributed by atoms with Gasteiger partial charge in [-0.05, 0) is 13.5 Å². The van der Waals surface area contributed by atoms with Gasteiger partial charge < -0.3 is 4.90 Å². The van der Waals surface area contributed by atoms with Crippen molar-refractivity contribution in [2.45, 2.75) is 11.9 Å². The summed E-state index contributed by atoms with van der Waals surface area (Å²) < 4.78 is 39.9. The molecule has 0 aromatic carbocycles. The summed E-state index contributed by atoms with van der Waals surface area (Å²) in [5, 5.41) is 0. The predicted octanol–water partition coefficient (Wildman–Crippen LogP) is 2.68. The third kappa shape index (κ3) is 8.76. The van der Waals surface area contributed by atoms with E-state index < -0.39 is 5.51 Å². The van der Waals surface area contributed by atoms with E-state index in [1.165, 1.54) is 0 Å². The number of hydrogen-bond donors (Lipinski definition) is 1. The Labute approximate surface area is 119 Å². The molecule has 9 heteroatoms. The fourth-order valence-corrected chi connectivity index (χ4v) is 3.73. The van der Waals surface area contributed by atoms with Crippen molar-refractivity contribution < 1.29 is 13.2 Å². The molecule has 1 aliphatic heterocycles. The van der Waals surface area contributed by atoms with Gasteiger partial charge in [-0.25, -0.2) is 8.43 Å². The normalized spacial score (nSPS) is 19.3. The minimum Gasteiger partial charge on any atom is -0.304 e. The third-order valence-corrected chi connectivity index (χ3v) is 5.07. The molecule has 1 rings (SSSR count). The number of nitrogens with zero attached hydrogens (tertiary/aromatic N) is 2. The van der Waals surface area contributed by atoms with Crippen LogP contribution in [0.1, 0.15) is 6.42 Å². The van der Waals surface area contributed by atoms with Crippen LogP contribution in [0.2, 0.25) is 0 Å². The number of rotatable bonds is 7. The first-order valence-electron chi connectivity index (χ1n) is 5.65. The summed E-state index contributed by atoms with van der Waals surface area (Å²) in [6, 6.07) is 0. The predicted molar refractivity (Wildman–Crippen MR) is 75.4 cm³/mol. The van der Waals surface area contributed by atoms with Crippen LogP contribution in [0.3, 0.4) is 0 Å². The molecule has 0 bridgehead atoms. The second kappa shape index (κ2) is 8.80. The summed E-state index contributed by atoms with van der Waals surface area (Å²) in [4.78, 5) is 2.30. The van der Waals surface area contributed by atoms with E-state index in [4.69, 9.17) is 0 Å². The molecule has 1 N–H and O–H groups in total. The van der Waals surface area contributed by atoms with Crippen molar-refractivity contribution in [3.8, 4) is 0 Å². The lowest BCUT2D eigenvalue weighted by atomic mass is 10.4. The van der Waals surface area contributed by atoms with Crippen LogP contribution in [0.5, 0.6) is 0 Å². The molecule has 0 atom stereocenters. The van der Waals surface area contributed by atoms with Crippen molar-refractivity contribution in [3.63, 3.8) is 0 Å². The lowest BCUT2D eigenvalue weighted by Gasteiger charge is -2.31. The number of halogens is 3. The number of nitrogens with one attached hydrogen (secondary N) is 1. The Bertz CT molecular complexity index is 223. The van der Waals surface area contributed by atoms with Gasteiger partial charge in [-0.3, -0.25) is 0 Å². The van der Waals surface area contributed by atoms with E-state index in [9.17, 15) is 13.2 Å². The molecule has 1 fully saturated rings. The minimum absolute atomic E-state index is 0.190. The van der Waals surface area contributed by atoms with E-state index in [-0.39, 0.29) is 11.9 Å². The van der Waals surface area contributed by atoms with Gasteiger partial charge in [0.05, 0.1) is 0 Å². The highest BCUT2D eigenvalue weighted by molar-refractivity contribution is 8.13. The first-order chi connectivity index (χ1) is 8.47. The van der Waals surface area contributed by atoms with Crippen LogP contribution in [-0.2, 0) is 0 Å². The van der Waals surface area contributed by atoms with Gasteiger partial charge in [-0.2, -0.15) is 13.2 Å². The highest BCUT2D eigenvalue weighted by Gasteiger charge is 2.28. The SMILES string of the molecule is CN1CCN(SCCCSNSC(F)(F)F)CC1. The molecule has 108 valence electrons. The van der Waals surface area contributed by atoms with E-state index in [1.54, 1.807) is 11.9 Å². The first kappa shape index (κ1) is 16.8. The molecule has 1 aliphatic rings. The quantitative estimate of drug-likeness (QED) is 0.570. The summed E-state index contributed by atoms with van der Waals surface area (Å²) in [6.07, 6.45) is 0.910. The molecule has 0 radical (unpaired) electrons. The molecule has 1 heterocycles. The summed E-state index contributed by atoms with van der Waals surface area (Å²) in [5.41, 5.74) is -4.19. The van der Waals surface area contributed by atoms with E-state index in [1.807, 2.05) is 0 Å². The van der Waals surface area contributed by atoms with E-state index in [0.29, 0.717) is 5.75 Å². The lowest BCUT2D eigenvalue weighted by Crippen LogP contribution is -2.41. The topological polar surface area (TPSA) is 18.5 Å². The molecule has 3 nitrogen and oxygen atoms in total. The van der Waals surface area contributed by atoms with Gasteiger partial charge >= 0.3 is 5.51 Å². The second-order valence-electron chi connectivity index (χ2n) is 3.90. The van der Waals surface area contributed by atoms with Crippen LogP contribution in [0.4, 0.5) is 13.2 Å². The molecule has 0 unspecified atom stereocenters. The van der Waals surface area contributed by atoms with Crippen LogP contribution < -0.4 is 4.13 Å². The molecule has 0 aliphatic carbocycles. The highest BCUT2D eigenvalue weighted by atomic mass is 32.2. The maximum atomic E-state index is 11.8. The van der Waals surface area contributed by atoms with E-state index >= 15 is 0 Å². The van der Waals surface area contributed by atoms with Gasteiger partial charge in [0, 0.05) is 49.6 Å². The zero-order valence-corrected chi connectivity index (χ0v) is 12.7. The maximum Gasteiger partial charge on any atom is 0.456 e. The molecule has 0 amide bonds. The zero-order chi connectivity index (χ0) is 13.4. The van der Waals surface area contributed by atoms with Crippen LogP contribution in [0.25, 0.3) is 0 Å². The van der Waals surface area contributed by atoms with Gasteiger partial charge in [0.2, 0.25) is 0 Å². The van der Waals surface area contributed by atoms with Gasteiger partial charge in [0.1, 0.15) is 0 Å². The lowest BCUT2D eigenvalue weighted by molar-refractivity contribution is -0.0331.